The first kappa shape index (κ1) is 26.2. The molecule has 2 amide bonds. The summed E-state index contributed by atoms with van der Waals surface area (Å²) in [5, 5.41) is 14.4. The summed E-state index contributed by atoms with van der Waals surface area (Å²) in [6.07, 6.45) is 1.12. The van der Waals surface area contributed by atoms with Gasteiger partial charge in [0.2, 0.25) is 5.91 Å². The Hall–Kier alpha value is -3.39. The first-order valence-corrected chi connectivity index (χ1v) is 12.1. The van der Waals surface area contributed by atoms with Crippen molar-refractivity contribution in [3.63, 3.8) is 0 Å². The number of carboxylic acid groups (broad SMARTS) is 1. The van der Waals surface area contributed by atoms with Crippen molar-refractivity contribution < 1.29 is 29.0 Å². The number of benzene rings is 2. The lowest BCUT2D eigenvalue weighted by atomic mass is 9.98. The largest absolute Gasteiger partial charge is 0.481 e. The summed E-state index contributed by atoms with van der Waals surface area (Å²) >= 11 is 0. The molecule has 188 valence electrons. The van der Waals surface area contributed by atoms with Crippen LogP contribution in [0.25, 0.3) is 11.1 Å². The van der Waals surface area contributed by atoms with E-state index in [4.69, 9.17) is 14.6 Å². The summed E-state index contributed by atoms with van der Waals surface area (Å²) in [6.45, 7) is 2.34. The minimum atomic E-state index is -0.996. The van der Waals surface area contributed by atoms with Crippen molar-refractivity contribution in [3.8, 4) is 11.1 Å². The second-order valence-corrected chi connectivity index (χ2v) is 8.77. The van der Waals surface area contributed by atoms with Crippen molar-refractivity contribution in [2.45, 2.75) is 57.1 Å². The Kier molecular flexibility index (Phi) is 9.66. The van der Waals surface area contributed by atoms with Gasteiger partial charge in [0.05, 0.1) is 12.5 Å². The highest BCUT2D eigenvalue weighted by Gasteiger charge is 2.29. The third-order valence-electron chi connectivity index (χ3n) is 6.27. The first-order valence-electron chi connectivity index (χ1n) is 12.1. The Bertz CT molecular complexity index is 979. The van der Waals surface area contributed by atoms with Crippen LogP contribution in [0.3, 0.4) is 0 Å². The number of alkyl carbamates (subject to hydrolysis) is 1. The Morgan fingerprint density at radius 3 is 2.20 bits per heavy atom. The van der Waals surface area contributed by atoms with Gasteiger partial charge in [0, 0.05) is 32.0 Å². The molecule has 0 saturated carbocycles. The Balaban J connectivity index is 1.55. The van der Waals surface area contributed by atoms with E-state index in [1.807, 2.05) is 31.2 Å². The molecule has 8 heteroatoms. The predicted octanol–water partition coefficient (Wildman–Crippen LogP) is 4.08. The molecular weight excluding hydrogens is 448 g/mol. The van der Waals surface area contributed by atoms with E-state index in [2.05, 4.69) is 34.9 Å². The summed E-state index contributed by atoms with van der Waals surface area (Å²) in [6, 6.07) is 15.9. The number of unbranched alkanes of at least 4 members (excludes halogenated alkanes) is 1. The number of ether oxygens (including phenoxy) is 2. The van der Waals surface area contributed by atoms with E-state index in [1.165, 1.54) is 7.11 Å². The fourth-order valence-corrected chi connectivity index (χ4v) is 4.44. The third kappa shape index (κ3) is 7.29. The van der Waals surface area contributed by atoms with Gasteiger partial charge in [-0.25, -0.2) is 4.79 Å². The van der Waals surface area contributed by atoms with Gasteiger partial charge < -0.3 is 25.2 Å². The number of hydrogen-bond donors (Lipinski definition) is 3. The number of carbonyl (C=O) groups is 3. The molecule has 0 fully saturated rings. The van der Waals surface area contributed by atoms with Gasteiger partial charge in [-0.1, -0.05) is 68.3 Å². The fourth-order valence-electron chi connectivity index (χ4n) is 4.44. The van der Waals surface area contributed by atoms with Crippen LogP contribution in [-0.4, -0.2) is 55.5 Å². The smallest absolute Gasteiger partial charge is 0.407 e. The number of fused-ring (bicyclic) bond motifs is 3. The number of carboxylic acids is 1. The average molecular weight is 483 g/mol. The molecule has 3 N–H and O–H groups in total. The van der Waals surface area contributed by atoms with Crippen LogP contribution >= 0.6 is 0 Å². The number of nitrogens with one attached hydrogen (secondary N) is 2. The van der Waals surface area contributed by atoms with Crippen molar-refractivity contribution in [1.29, 1.82) is 0 Å². The molecule has 35 heavy (non-hydrogen) atoms. The zero-order chi connectivity index (χ0) is 25.2. The lowest BCUT2D eigenvalue weighted by Crippen LogP contribution is -2.41. The summed E-state index contributed by atoms with van der Waals surface area (Å²) in [7, 11) is 1.41. The summed E-state index contributed by atoms with van der Waals surface area (Å²) in [4.78, 5) is 36.0. The Morgan fingerprint density at radius 2 is 1.63 bits per heavy atom. The van der Waals surface area contributed by atoms with E-state index < -0.39 is 18.2 Å². The number of hydrogen-bond acceptors (Lipinski definition) is 5. The highest BCUT2D eigenvalue weighted by atomic mass is 16.5. The molecule has 0 spiro atoms. The minimum Gasteiger partial charge on any atom is -0.481 e. The van der Waals surface area contributed by atoms with Gasteiger partial charge in [-0.15, -0.1) is 0 Å². The number of amides is 2. The zero-order valence-corrected chi connectivity index (χ0v) is 20.3. The van der Waals surface area contributed by atoms with Crippen molar-refractivity contribution in [1.82, 2.24) is 10.6 Å². The standard InChI is InChI=1S/C27H34N2O6/c1-3-4-9-18(14-25(30)28-16-19(34-2)15-26(31)32)29-27(33)35-17-24-22-12-7-5-10-20(22)21-11-6-8-13-23(21)24/h5-8,10-13,18-19,24H,3-4,9,14-17H2,1-2H3,(H,28,30)(H,29,33)(H,31,32)/t18-,19?/m0/s1. The van der Waals surface area contributed by atoms with Crippen LogP contribution in [-0.2, 0) is 19.1 Å². The molecule has 1 aliphatic rings. The van der Waals surface area contributed by atoms with Crippen LogP contribution in [0, 0.1) is 0 Å². The molecule has 8 nitrogen and oxygen atoms in total. The van der Waals surface area contributed by atoms with Gasteiger partial charge in [-0.05, 0) is 28.7 Å². The van der Waals surface area contributed by atoms with Gasteiger partial charge >= 0.3 is 12.1 Å². The van der Waals surface area contributed by atoms with Crippen molar-refractivity contribution in [2.75, 3.05) is 20.3 Å². The molecule has 0 aliphatic heterocycles. The number of aliphatic carboxylic acids is 1. The molecule has 0 heterocycles. The highest BCUT2D eigenvalue weighted by Crippen LogP contribution is 2.44. The number of methoxy groups -OCH3 is 1. The molecular formula is C27H34N2O6. The monoisotopic (exact) mass is 482 g/mol. The topological polar surface area (TPSA) is 114 Å². The Morgan fingerprint density at radius 1 is 1.00 bits per heavy atom. The molecule has 0 bridgehead atoms. The van der Waals surface area contributed by atoms with E-state index in [1.54, 1.807) is 0 Å². The van der Waals surface area contributed by atoms with Crippen LogP contribution in [0.4, 0.5) is 4.79 Å². The molecule has 2 aromatic rings. The van der Waals surface area contributed by atoms with Crippen molar-refractivity contribution >= 4 is 18.0 Å². The number of carbonyl (C=O) groups excluding carboxylic acids is 2. The quantitative estimate of drug-likeness (QED) is 0.396. The first-order chi connectivity index (χ1) is 16.9. The maximum Gasteiger partial charge on any atom is 0.407 e. The van der Waals surface area contributed by atoms with Crippen LogP contribution in [0.5, 0.6) is 0 Å². The Labute approximate surface area is 206 Å². The van der Waals surface area contributed by atoms with Gasteiger partial charge in [-0.3, -0.25) is 9.59 Å². The van der Waals surface area contributed by atoms with E-state index >= 15 is 0 Å². The normalized spacial score (nSPS) is 13.9. The molecule has 1 aliphatic carbocycles. The molecule has 3 rings (SSSR count). The molecule has 2 aromatic carbocycles. The molecule has 0 radical (unpaired) electrons. The third-order valence-corrected chi connectivity index (χ3v) is 6.27. The van der Waals surface area contributed by atoms with E-state index in [9.17, 15) is 14.4 Å². The van der Waals surface area contributed by atoms with E-state index in [0.717, 1.165) is 35.1 Å². The summed E-state index contributed by atoms with van der Waals surface area (Å²) < 4.78 is 10.7. The van der Waals surface area contributed by atoms with Crippen LogP contribution in [0.2, 0.25) is 0 Å². The SMILES string of the molecule is CCCC[C@@H](CC(=O)NCC(CC(=O)O)OC)NC(=O)OCC1c2ccccc2-c2ccccc21. The highest BCUT2D eigenvalue weighted by molar-refractivity contribution is 5.79. The summed E-state index contributed by atoms with van der Waals surface area (Å²) in [5.41, 5.74) is 4.59. The second kappa shape index (κ2) is 12.9. The van der Waals surface area contributed by atoms with Gasteiger partial charge in [0.25, 0.3) is 0 Å². The lowest BCUT2D eigenvalue weighted by Gasteiger charge is -2.20. The van der Waals surface area contributed by atoms with Crippen molar-refractivity contribution in [2.24, 2.45) is 0 Å². The van der Waals surface area contributed by atoms with Gasteiger partial charge in [0.1, 0.15) is 6.61 Å². The predicted molar refractivity (Wildman–Crippen MR) is 132 cm³/mol. The average Bonchev–Trinajstić information content (AvgIpc) is 3.17. The lowest BCUT2D eigenvalue weighted by molar-refractivity contribution is -0.140. The maximum absolute atomic E-state index is 12.7. The molecule has 1 unspecified atom stereocenters. The van der Waals surface area contributed by atoms with Gasteiger partial charge in [0.15, 0.2) is 0 Å². The fraction of sp³-hybridized carbons (Fsp3) is 0.444. The zero-order valence-electron chi connectivity index (χ0n) is 20.3. The second-order valence-electron chi connectivity index (χ2n) is 8.77. The van der Waals surface area contributed by atoms with Crippen LogP contribution < -0.4 is 10.6 Å². The van der Waals surface area contributed by atoms with E-state index in [0.29, 0.717) is 6.42 Å². The number of rotatable bonds is 13. The molecule has 0 saturated heterocycles. The molecule has 2 atom stereocenters. The minimum absolute atomic E-state index is 0.0363. The van der Waals surface area contributed by atoms with Gasteiger partial charge in [-0.2, -0.15) is 0 Å². The maximum atomic E-state index is 12.7. The summed E-state index contributed by atoms with van der Waals surface area (Å²) in [5.74, 6) is -1.31. The van der Waals surface area contributed by atoms with Crippen molar-refractivity contribution in [3.05, 3.63) is 59.7 Å². The van der Waals surface area contributed by atoms with Crippen LogP contribution in [0.1, 0.15) is 56.1 Å². The van der Waals surface area contributed by atoms with Crippen LogP contribution in [0.15, 0.2) is 48.5 Å². The molecule has 0 aromatic heterocycles. The van der Waals surface area contributed by atoms with E-state index in [-0.39, 0.29) is 43.9 Å².